The molecule has 6 heteroatoms. The molecule has 1 fully saturated rings. The second-order valence-electron chi connectivity index (χ2n) is 4.60. The number of aliphatic carboxylic acids is 1. The maximum atomic E-state index is 11.7. The number of carbonyl (C=O) groups is 2. The van der Waals surface area contributed by atoms with Gasteiger partial charge in [-0.2, -0.15) is 0 Å². The van der Waals surface area contributed by atoms with Crippen LogP contribution < -0.4 is 5.32 Å². The van der Waals surface area contributed by atoms with Gasteiger partial charge >= 0.3 is 5.97 Å². The molecular formula is C11H19NO4S. The Bertz CT molecular complexity index is 331. The van der Waals surface area contributed by atoms with E-state index in [2.05, 4.69) is 5.32 Å². The van der Waals surface area contributed by atoms with E-state index in [1.165, 1.54) is 0 Å². The maximum absolute atomic E-state index is 11.7. The highest BCUT2D eigenvalue weighted by molar-refractivity contribution is 7.84. The van der Waals surface area contributed by atoms with Gasteiger partial charge in [0.25, 0.3) is 0 Å². The van der Waals surface area contributed by atoms with Crippen molar-refractivity contribution in [3.8, 4) is 0 Å². The molecule has 98 valence electrons. The van der Waals surface area contributed by atoms with Crippen LogP contribution in [0, 0.1) is 11.8 Å². The van der Waals surface area contributed by atoms with E-state index in [4.69, 9.17) is 5.11 Å². The first-order valence-corrected chi connectivity index (χ1v) is 7.36. The summed E-state index contributed by atoms with van der Waals surface area (Å²) in [5.74, 6) is -1.51. The quantitative estimate of drug-likeness (QED) is 0.749. The fourth-order valence-corrected chi connectivity index (χ4v) is 2.27. The molecule has 5 nitrogen and oxygen atoms in total. The highest BCUT2D eigenvalue weighted by Gasteiger charge is 2.33. The second kappa shape index (κ2) is 6.14. The fourth-order valence-electron chi connectivity index (χ4n) is 1.95. The summed E-state index contributed by atoms with van der Waals surface area (Å²) in [6.45, 7) is 2.20. The van der Waals surface area contributed by atoms with Crippen molar-refractivity contribution in [1.29, 1.82) is 0 Å². The number of hydrogen-bond donors (Lipinski definition) is 2. The van der Waals surface area contributed by atoms with Crippen LogP contribution in [0.1, 0.15) is 26.2 Å². The Morgan fingerprint density at radius 3 is 2.47 bits per heavy atom. The second-order valence-corrected chi connectivity index (χ2v) is 6.40. The van der Waals surface area contributed by atoms with Crippen molar-refractivity contribution in [1.82, 2.24) is 5.32 Å². The first-order valence-electron chi connectivity index (χ1n) is 5.74. The van der Waals surface area contributed by atoms with Crippen molar-refractivity contribution in [2.24, 2.45) is 11.8 Å². The number of rotatable bonds is 5. The van der Waals surface area contributed by atoms with Crippen LogP contribution in [-0.4, -0.2) is 39.2 Å². The van der Waals surface area contributed by atoms with E-state index in [0.717, 1.165) is 0 Å². The van der Waals surface area contributed by atoms with Crippen LogP contribution in [0.3, 0.4) is 0 Å². The lowest BCUT2D eigenvalue weighted by Crippen LogP contribution is -2.36. The lowest BCUT2D eigenvalue weighted by atomic mass is 10.0. The Hall–Kier alpha value is -0.910. The first-order chi connectivity index (χ1) is 7.91. The van der Waals surface area contributed by atoms with Crippen molar-refractivity contribution in [2.45, 2.75) is 31.4 Å². The molecule has 1 rings (SSSR count). The lowest BCUT2D eigenvalue weighted by Gasteiger charge is -2.13. The van der Waals surface area contributed by atoms with E-state index >= 15 is 0 Å². The summed E-state index contributed by atoms with van der Waals surface area (Å²) < 4.78 is 11.1. The van der Waals surface area contributed by atoms with E-state index in [-0.39, 0.29) is 23.0 Å². The summed E-state index contributed by atoms with van der Waals surface area (Å²) >= 11 is 0. The molecule has 0 bridgehead atoms. The molecule has 2 unspecified atom stereocenters. The predicted molar refractivity (Wildman–Crippen MR) is 65.0 cm³/mol. The molecule has 1 saturated carbocycles. The fraction of sp³-hybridized carbons (Fsp3) is 0.818. The molecule has 0 radical (unpaired) electrons. The summed E-state index contributed by atoms with van der Waals surface area (Å²) in [7, 11) is -0.951. The zero-order valence-corrected chi connectivity index (χ0v) is 11.0. The zero-order chi connectivity index (χ0) is 13.0. The maximum Gasteiger partial charge on any atom is 0.306 e. The minimum atomic E-state index is -0.951. The van der Waals surface area contributed by atoms with Crippen molar-refractivity contribution >= 4 is 22.7 Å². The van der Waals surface area contributed by atoms with E-state index in [1.54, 1.807) is 6.26 Å². The average Bonchev–Trinajstić information content (AvgIpc) is 2.74. The minimum absolute atomic E-state index is 0.0735. The standard InChI is InChI=1S/C11H19NO4S/c1-7(17(2)16)6-12-10(13)8-3-4-9(5-8)11(14)15/h7-9H,3-6H2,1-2H3,(H,12,13)(H,14,15)/t7?,8-,9+,17?/m1/s1. The van der Waals surface area contributed by atoms with Crippen LogP contribution in [0.5, 0.6) is 0 Å². The number of carboxylic acids is 1. The largest absolute Gasteiger partial charge is 0.481 e. The molecule has 1 aliphatic carbocycles. The molecule has 17 heavy (non-hydrogen) atoms. The first kappa shape index (κ1) is 14.2. The molecule has 0 saturated heterocycles. The third kappa shape index (κ3) is 4.11. The van der Waals surface area contributed by atoms with E-state index < -0.39 is 16.8 Å². The van der Waals surface area contributed by atoms with E-state index in [9.17, 15) is 13.8 Å². The number of carboxylic acid groups (broad SMARTS) is 1. The molecular weight excluding hydrogens is 242 g/mol. The van der Waals surface area contributed by atoms with Gasteiger partial charge in [-0.05, 0) is 26.2 Å². The number of amides is 1. The summed E-state index contributed by atoms with van der Waals surface area (Å²) in [6.07, 6.45) is 3.23. The topological polar surface area (TPSA) is 83.5 Å². The average molecular weight is 261 g/mol. The highest BCUT2D eigenvalue weighted by atomic mass is 32.2. The summed E-state index contributed by atoms with van der Waals surface area (Å²) in [5, 5.41) is 11.5. The van der Waals surface area contributed by atoms with Gasteiger partial charge in [0.05, 0.1) is 5.92 Å². The minimum Gasteiger partial charge on any atom is -0.481 e. The monoisotopic (exact) mass is 261 g/mol. The van der Waals surface area contributed by atoms with Gasteiger partial charge in [0.2, 0.25) is 5.91 Å². The van der Waals surface area contributed by atoms with Gasteiger partial charge in [-0.25, -0.2) is 0 Å². The molecule has 0 heterocycles. The summed E-state index contributed by atoms with van der Waals surface area (Å²) in [4.78, 5) is 22.5. The molecule has 0 aromatic carbocycles. The summed E-state index contributed by atoms with van der Waals surface area (Å²) in [6, 6.07) is 0. The van der Waals surface area contributed by atoms with Crippen LogP contribution in [0.25, 0.3) is 0 Å². The molecule has 1 aliphatic rings. The molecule has 2 N–H and O–H groups in total. The Morgan fingerprint density at radius 1 is 1.41 bits per heavy atom. The molecule has 4 atom stereocenters. The SMILES string of the molecule is CC(CNC(=O)[C@@H]1CC[C@H](C(=O)O)C1)S(C)=O. The molecule has 0 aromatic heterocycles. The van der Waals surface area contributed by atoms with Crippen LogP contribution in [0.4, 0.5) is 0 Å². The Labute approximate surface area is 103 Å². The molecule has 1 amide bonds. The van der Waals surface area contributed by atoms with Crippen molar-refractivity contribution in [3.63, 3.8) is 0 Å². The van der Waals surface area contributed by atoms with Gasteiger partial charge < -0.3 is 10.4 Å². The van der Waals surface area contributed by atoms with Crippen LogP contribution in [-0.2, 0) is 20.4 Å². The smallest absolute Gasteiger partial charge is 0.306 e. The van der Waals surface area contributed by atoms with Gasteiger partial charge in [0.15, 0.2) is 0 Å². The van der Waals surface area contributed by atoms with Crippen LogP contribution >= 0.6 is 0 Å². The lowest BCUT2D eigenvalue weighted by molar-refractivity contribution is -0.141. The van der Waals surface area contributed by atoms with Gasteiger partial charge in [-0.15, -0.1) is 0 Å². The van der Waals surface area contributed by atoms with Gasteiger partial charge in [-0.1, -0.05) is 0 Å². The number of carbonyl (C=O) groups excluding carboxylic acids is 1. The normalized spacial score (nSPS) is 27.4. The van der Waals surface area contributed by atoms with Crippen molar-refractivity contribution in [2.75, 3.05) is 12.8 Å². The van der Waals surface area contributed by atoms with Crippen molar-refractivity contribution < 1.29 is 18.9 Å². The molecule has 0 aliphatic heterocycles. The Morgan fingerprint density at radius 2 is 2.00 bits per heavy atom. The number of hydrogen-bond acceptors (Lipinski definition) is 3. The summed E-state index contributed by atoms with van der Waals surface area (Å²) in [5.41, 5.74) is 0. The Kier molecular flexibility index (Phi) is 5.11. The predicted octanol–water partition coefficient (Wildman–Crippen LogP) is 0.370. The third-order valence-electron chi connectivity index (χ3n) is 3.28. The van der Waals surface area contributed by atoms with Crippen LogP contribution in [0.2, 0.25) is 0 Å². The molecule has 0 aromatic rings. The van der Waals surface area contributed by atoms with E-state index in [1.807, 2.05) is 6.92 Å². The number of nitrogens with one attached hydrogen (secondary N) is 1. The van der Waals surface area contributed by atoms with Gasteiger partial charge in [0.1, 0.15) is 0 Å². The van der Waals surface area contributed by atoms with Crippen molar-refractivity contribution in [3.05, 3.63) is 0 Å². The van der Waals surface area contributed by atoms with E-state index in [0.29, 0.717) is 25.8 Å². The third-order valence-corrected chi connectivity index (χ3v) is 4.58. The Balaban J connectivity index is 2.35. The van der Waals surface area contributed by atoms with Gasteiger partial charge in [-0.3, -0.25) is 13.8 Å². The molecule has 0 spiro atoms. The highest BCUT2D eigenvalue weighted by Crippen LogP contribution is 2.31. The zero-order valence-electron chi connectivity index (χ0n) is 10.1. The van der Waals surface area contributed by atoms with Gasteiger partial charge in [0, 0.05) is 34.8 Å². The van der Waals surface area contributed by atoms with Crippen LogP contribution in [0.15, 0.2) is 0 Å².